The standard InChI is InChI=1S/C20H18N2O4/c1-3-9-26-18-14(5-4-6-15(18)25-2)11-21-22-19(23)16-12-7-8-13(10-12)17(16)20(22)24/h1,4-8,11-13,16-17H,9-10H2,2H3/t12-,13-,16-,17+/m0/s1. The fourth-order valence-corrected chi connectivity index (χ4v) is 4.18. The predicted octanol–water partition coefficient (Wildman–Crippen LogP) is 1.85. The minimum absolute atomic E-state index is 0.0714. The number of nitrogens with zero attached hydrogens (tertiary/aromatic N) is 2. The van der Waals surface area contributed by atoms with Crippen molar-refractivity contribution in [2.45, 2.75) is 6.42 Å². The van der Waals surface area contributed by atoms with Gasteiger partial charge in [-0.3, -0.25) is 9.59 Å². The van der Waals surface area contributed by atoms with Crippen LogP contribution < -0.4 is 9.47 Å². The molecule has 1 aliphatic heterocycles. The van der Waals surface area contributed by atoms with Gasteiger partial charge in [-0.05, 0) is 30.4 Å². The number of imide groups is 1. The van der Waals surface area contributed by atoms with Crippen molar-refractivity contribution in [2.75, 3.05) is 13.7 Å². The van der Waals surface area contributed by atoms with Gasteiger partial charge in [-0.15, -0.1) is 6.42 Å². The second kappa shape index (κ2) is 6.34. The molecule has 26 heavy (non-hydrogen) atoms. The number of para-hydroxylation sites is 1. The summed E-state index contributed by atoms with van der Waals surface area (Å²) in [7, 11) is 1.52. The summed E-state index contributed by atoms with van der Waals surface area (Å²) in [4.78, 5) is 25.3. The number of terminal acetylenes is 1. The monoisotopic (exact) mass is 350 g/mol. The summed E-state index contributed by atoms with van der Waals surface area (Å²) in [5, 5.41) is 5.18. The molecule has 1 aromatic rings. The summed E-state index contributed by atoms with van der Waals surface area (Å²) in [5.74, 6) is 2.68. The lowest BCUT2D eigenvalue weighted by Crippen LogP contribution is -2.28. The summed E-state index contributed by atoms with van der Waals surface area (Å²) >= 11 is 0. The van der Waals surface area contributed by atoms with E-state index in [2.05, 4.69) is 23.2 Å². The number of hydrogen-bond donors (Lipinski definition) is 0. The molecule has 6 heteroatoms. The normalized spacial score (nSPS) is 28.7. The summed E-state index contributed by atoms with van der Waals surface area (Å²) in [5.41, 5.74) is 0.582. The van der Waals surface area contributed by atoms with Crippen LogP contribution in [-0.2, 0) is 9.59 Å². The number of rotatable bonds is 5. The Balaban J connectivity index is 1.60. The van der Waals surface area contributed by atoms with Gasteiger partial charge in [0, 0.05) is 5.56 Å². The molecular weight excluding hydrogens is 332 g/mol. The molecule has 1 aromatic carbocycles. The number of amides is 2. The van der Waals surface area contributed by atoms with Gasteiger partial charge < -0.3 is 9.47 Å². The molecule has 3 aliphatic rings. The minimum atomic E-state index is -0.267. The van der Waals surface area contributed by atoms with Crippen molar-refractivity contribution in [1.29, 1.82) is 0 Å². The van der Waals surface area contributed by atoms with Gasteiger partial charge in [0.1, 0.15) is 6.61 Å². The van der Waals surface area contributed by atoms with Gasteiger partial charge >= 0.3 is 0 Å². The topological polar surface area (TPSA) is 68.2 Å². The fraction of sp³-hybridized carbons (Fsp3) is 0.350. The number of hydrogen-bond acceptors (Lipinski definition) is 5. The minimum Gasteiger partial charge on any atom is -0.493 e. The van der Waals surface area contributed by atoms with Gasteiger partial charge in [-0.1, -0.05) is 24.1 Å². The number of methoxy groups -OCH3 is 1. The van der Waals surface area contributed by atoms with Crippen LogP contribution in [0.25, 0.3) is 0 Å². The Morgan fingerprint density at radius 2 is 1.96 bits per heavy atom. The summed E-state index contributed by atoms with van der Waals surface area (Å²) in [6, 6.07) is 5.27. The van der Waals surface area contributed by atoms with E-state index >= 15 is 0 Å². The van der Waals surface area contributed by atoms with E-state index in [0.717, 1.165) is 11.4 Å². The maximum Gasteiger partial charge on any atom is 0.254 e. The van der Waals surface area contributed by atoms with Gasteiger partial charge in [-0.25, -0.2) is 0 Å². The molecule has 0 N–H and O–H groups in total. The fourth-order valence-electron chi connectivity index (χ4n) is 4.18. The molecule has 4 rings (SSSR count). The zero-order valence-corrected chi connectivity index (χ0v) is 14.3. The van der Waals surface area contributed by atoms with Gasteiger partial charge in [0.15, 0.2) is 11.5 Å². The Morgan fingerprint density at radius 1 is 1.27 bits per heavy atom. The van der Waals surface area contributed by atoms with E-state index in [0.29, 0.717) is 17.1 Å². The molecule has 2 amide bonds. The van der Waals surface area contributed by atoms with Crippen LogP contribution in [0.15, 0.2) is 35.5 Å². The highest BCUT2D eigenvalue weighted by atomic mass is 16.5. The molecule has 4 atom stereocenters. The van der Waals surface area contributed by atoms with Crippen LogP contribution in [0.4, 0.5) is 0 Å². The first-order valence-electron chi connectivity index (χ1n) is 8.49. The van der Waals surface area contributed by atoms with Crippen molar-refractivity contribution in [3.63, 3.8) is 0 Å². The molecule has 0 radical (unpaired) electrons. The van der Waals surface area contributed by atoms with Crippen LogP contribution in [0.3, 0.4) is 0 Å². The quantitative estimate of drug-likeness (QED) is 0.352. The third-order valence-corrected chi connectivity index (χ3v) is 5.29. The number of fused-ring (bicyclic) bond motifs is 5. The lowest BCUT2D eigenvalue weighted by atomic mass is 9.85. The lowest BCUT2D eigenvalue weighted by molar-refractivity contribution is -0.140. The van der Waals surface area contributed by atoms with E-state index in [4.69, 9.17) is 15.9 Å². The van der Waals surface area contributed by atoms with Crippen LogP contribution in [-0.4, -0.2) is 36.8 Å². The summed E-state index contributed by atoms with van der Waals surface area (Å²) in [6.07, 6.45) is 11.7. The van der Waals surface area contributed by atoms with E-state index in [1.807, 2.05) is 0 Å². The molecule has 1 saturated carbocycles. The second-order valence-corrected chi connectivity index (χ2v) is 6.60. The van der Waals surface area contributed by atoms with Gasteiger partial charge in [-0.2, -0.15) is 10.1 Å². The number of benzene rings is 1. The first-order valence-corrected chi connectivity index (χ1v) is 8.49. The third-order valence-electron chi connectivity index (χ3n) is 5.29. The molecule has 2 aliphatic carbocycles. The summed E-state index contributed by atoms with van der Waals surface area (Å²) in [6.45, 7) is 0.0714. The molecule has 0 unspecified atom stereocenters. The first-order chi connectivity index (χ1) is 12.7. The second-order valence-electron chi connectivity index (χ2n) is 6.60. The zero-order chi connectivity index (χ0) is 18.3. The molecule has 132 valence electrons. The number of carbonyl (C=O) groups excluding carboxylic acids is 2. The Labute approximate surface area is 151 Å². The molecular formula is C20H18N2O4. The van der Waals surface area contributed by atoms with E-state index in [-0.39, 0.29) is 42.1 Å². The Bertz CT molecular complexity index is 837. The van der Waals surface area contributed by atoms with Crippen molar-refractivity contribution in [2.24, 2.45) is 28.8 Å². The van der Waals surface area contributed by atoms with Crippen molar-refractivity contribution in [3.8, 4) is 23.8 Å². The third kappa shape index (κ3) is 2.39. The van der Waals surface area contributed by atoms with Crippen LogP contribution in [0.2, 0.25) is 0 Å². The summed E-state index contributed by atoms with van der Waals surface area (Å²) < 4.78 is 10.8. The molecule has 0 spiro atoms. The van der Waals surface area contributed by atoms with Gasteiger partial charge in [0.05, 0.1) is 25.2 Å². The molecule has 2 fully saturated rings. The number of hydrazone groups is 1. The smallest absolute Gasteiger partial charge is 0.254 e. The highest BCUT2D eigenvalue weighted by Crippen LogP contribution is 2.52. The zero-order valence-electron chi connectivity index (χ0n) is 14.3. The Morgan fingerprint density at radius 3 is 2.58 bits per heavy atom. The van der Waals surface area contributed by atoms with Crippen molar-refractivity contribution in [1.82, 2.24) is 5.01 Å². The molecule has 6 nitrogen and oxygen atoms in total. The van der Waals surface area contributed by atoms with Crippen molar-refractivity contribution >= 4 is 18.0 Å². The van der Waals surface area contributed by atoms with E-state index in [9.17, 15) is 9.59 Å². The number of allylic oxidation sites excluding steroid dienone is 2. The number of carbonyl (C=O) groups is 2. The molecule has 2 bridgehead atoms. The molecule has 1 heterocycles. The van der Waals surface area contributed by atoms with Gasteiger partial charge in [0.25, 0.3) is 11.8 Å². The molecule has 1 saturated heterocycles. The largest absolute Gasteiger partial charge is 0.493 e. The van der Waals surface area contributed by atoms with Crippen LogP contribution in [0, 0.1) is 36.0 Å². The van der Waals surface area contributed by atoms with E-state index < -0.39 is 0 Å². The van der Waals surface area contributed by atoms with Gasteiger partial charge in [0.2, 0.25) is 0 Å². The van der Waals surface area contributed by atoms with E-state index in [1.165, 1.54) is 13.3 Å². The highest BCUT2D eigenvalue weighted by molar-refractivity contribution is 6.07. The lowest BCUT2D eigenvalue weighted by Gasteiger charge is -2.13. The van der Waals surface area contributed by atoms with Crippen molar-refractivity contribution < 1.29 is 19.1 Å². The average molecular weight is 350 g/mol. The maximum atomic E-state index is 12.7. The molecule has 0 aromatic heterocycles. The maximum absolute atomic E-state index is 12.7. The SMILES string of the molecule is C#CCOc1c(C=NN2C(=O)[C@@H]3[C@H](C2=O)[C@H]2C=C[C@H]3C2)cccc1OC. The first kappa shape index (κ1) is 16.4. The van der Waals surface area contributed by atoms with Crippen LogP contribution in [0.1, 0.15) is 12.0 Å². The van der Waals surface area contributed by atoms with Crippen LogP contribution in [0.5, 0.6) is 11.5 Å². The van der Waals surface area contributed by atoms with Crippen LogP contribution >= 0.6 is 0 Å². The van der Waals surface area contributed by atoms with E-state index in [1.54, 1.807) is 18.2 Å². The number of ether oxygens (including phenoxy) is 2. The van der Waals surface area contributed by atoms with Crippen molar-refractivity contribution in [3.05, 3.63) is 35.9 Å². The Kier molecular flexibility index (Phi) is 4.00. The average Bonchev–Trinajstić information content (AvgIpc) is 3.33. The predicted molar refractivity (Wildman–Crippen MR) is 94.5 cm³/mol. The Hall–Kier alpha value is -3.07. The highest BCUT2D eigenvalue weighted by Gasteiger charge is 2.59.